The topological polar surface area (TPSA) is 78.9 Å². The minimum Gasteiger partial charge on any atom is -0.326 e. The summed E-state index contributed by atoms with van der Waals surface area (Å²) in [7, 11) is 0. The number of carbonyl (C=O) groups excluding carboxylic acids is 1. The van der Waals surface area contributed by atoms with Crippen LogP contribution in [-0.2, 0) is 4.79 Å². The van der Waals surface area contributed by atoms with Crippen molar-refractivity contribution >= 4 is 11.6 Å². The number of rotatable bonds is 3. The Morgan fingerprint density at radius 3 is 2.67 bits per heavy atom. The zero-order valence-corrected chi connectivity index (χ0v) is 11.8. The second-order valence-electron chi connectivity index (χ2n) is 5.31. The summed E-state index contributed by atoms with van der Waals surface area (Å²) >= 11 is 0. The van der Waals surface area contributed by atoms with E-state index in [9.17, 15) is 9.59 Å². The summed E-state index contributed by atoms with van der Waals surface area (Å²) in [4.78, 5) is 26.3. The summed E-state index contributed by atoms with van der Waals surface area (Å²) in [6.07, 6.45) is 4.12. The van der Waals surface area contributed by atoms with Crippen LogP contribution in [0.25, 0.3) is 5.69 Å². The number of hydrogen-bond acceptors (Lipinski definition) is 3. The first-order chi connectivity index (χ1) is 10.1. The van der Waals surface area contributed by atoms with Gasteiger partial charge in [-0.15, -0.1) is 0 Å². The fraction of sp³-hybridized carbons (Fsp3) is 0.333. The number of H-pyrrole nitrogens is 1. The van der Waals surface area contributed by atoms with Crippen LogP contribution in [0.3, 0.4) is 0 Å². The Labute approximate surface area is 122 Å². The van der Waals surface area contributed by atoms with Crippen LogP contribution in [0.5, 0.6) is 0 Å². The van der Waals surface area contributed by atoms with Gasteiger partial charge in [0.25, 0.3) is 0 Å². The lowest BCUT2D eigenvalue weighted by atomic mass is 10.0. The molecule has 1 aliphatic rings. The van der Waals surface area contributed by atoms with Crippen molar-refractivity contribution < 1.29 is 4.79 Å². The number of amides is 1. The monoisotopic (exact) mass is 286 g/mol. The fourth-order valence-electron chi connectivity index (χ4n) is 2.68. The van der Waals surface area contributed by atoms with Crippen LogP contribution >= 0.6 is 0 Å². The molecule has 0 saturated carbocycles. The van der Waals surface area contributed by atoms with Crippen LogP contribution < -0.4 is 16.3 Å². The smallest absolute Gasteiger partial charge is 0.326 e. The SMILES string of the molecule is CC1NCCC1C(=O)Nc1ccc(-n2cc[nH]c2=O)cc1. The van der Waals surface area contributed by atoms with E-state index in [0.29, 0.717) is 0 Å². The number of nitrogens with one attached hydrogen (secondary N) is 3. The molecule has 0 spiro atoms. The molecule has 1 amide bonds. The van der Waals surface area contributed by atoms with E-state index < -0.39 is 0 Å². The third kappa shape index (κ3) is 2.75. The van der Waals surface area contributed by atoms with Crippen molar-refractivity contribution in [3.05, 3.63) is 47.1 Å². The minimum absolute atomic E-state index is 0.0111. The van der Waals surface area contributed by atoms with Gasteiger partial charge in [0.15, 0.2) is 0 Å². The number of anilines is 1. The molecule has 1 saturated heterocycles. The van der Waals surface area contributed by atoms with Crippen LogP contribution in [0, 0.1) is 5.92 Å². The second kappa shape index (κ2) is 5.57. The first-order valence-electron chi connectivity index (χ1n) is 7.06. The molecule has 21 heavy (non-hydrogen) atoms. The summed E-state index contributed by atoms with van der Waals surface area (Å²) in [5, 5.41) is 6.20. The summed E-state index contributed by atoms with van der Waals surface area (Å²) in [5.41, 5.74) is 1.32. The maximum absolute atomic E-state index is 12.2. The Hall–Kier alpha value is -2.34. The van der Waals surface area contributed by atoms with Gasteiger partial charge in [-0.05, 0) is 44.2 Å². The van der Waals surface area contributed by atoms with Gasteiger partial charge >= 0.3 is 5.69 Å². The molecule has 2 unspecified atom stereocenters. The first kappa shape index (κ1) is 13.6. The van der Waals surface area contributed by atoms with E-state index in [1.807, 2.05) is 6.92 Å². The Morgan fingerprint density at radius 2 is 2.10 bits per heavy atom. The highest BCUT2D eigenvalue weighted by Crippen LogP contribution is 2.18. The highest BCUT2D eigenvalue weighted by molar-refractivity contribution is 5.93. The number of aromatic nitrogens is 2. The highest BCUT2D eigenvalue weighted by atomic mass is 16.2. The van der Waals surface area contributed by atoms with Gasteiger partial charge < -0.3 is 15.6 Å². The number of imidazole rings is 1. The average molecular weight is 286 g/mol. The van der Waals surface area contributed by atoms with Gasteiger partial charge in [0.05, 0.1) is 11.6 Å². The van der Waals surface area contributed by atoms with E-state index in [-0.39, 0.29) is 23.6 Å². The Kier molecular flexibility index (Phi) is 3.62. The Bertz CT molecular complexity index is 686. The van der Waals surface area contributed by atoms with E-state index in [1.165, 1.54) is 4.57 Å². The van der Waals surface area contributed by atoms with Crippen LogP contribution in [0.15, 0.2) is 41.5 Å². The molecule has 2 aromatic rings. The first-order valence-corrected chi connectivity index (χ1v) is 7.06. The zero-order valence-electron chi connectivity index (χ0n) is 11.8. The third-order valence-corrected chi connectivity index (χ3v) is 3.92. The molecule has 6 nitrogen and oxygen atoms in total. The second-order valence-corrected chi connectivity index (χ2v) is 5.31. The van der Waals surface area contributed by atoms with Crippen LogP contribution in [0.2, 0.25) is 0 Å². The molecule has 1 fully saturated rings. The molecule has 0 radical (unpaired) electrons. The Balaban J connectivity index is 1.71. The Morgan fingerprint density at radius 1 is 1.33 bits per heavy atom. The van der Waals surface area contributed by atoms with E-state index in [2.05, 4.69) is 15.6 Å². The van der Waals surface area contributed by atoms with Crippen molar-refractivity contribution in [1.82, 2.24) is 14.9 Å². The lowest BCUT2D eigenvalue weighted by Gasteiger charge is -2.15. The van der Waals surface area contributed by atoms with Gasteiger partial charge in [0, 0.05) is 24.1 Å². The average Bonchev–Trinajstić information content (AvgIpc) is 3.08. The predicted octanol–water partition coefficient (Wildman–Crippen LogP) is 1.10. The largest absolute Gasteiger partial charge is 0.330 e. The molecule has 1 aliphatic heterocycles. The number of benzene rings is 1. The third-order valence-electron chi connectivity index (χ3n) is 3.92. The summed E-state index contributed by atoms with van der Waals surface area (Å²) < 4.78 is 1.51. The maximum Gasteiger partial charge on any atom is 0.330 e. The number of hydrogen-bond donors (Lipinski definition) is 3. The zero-order chi connectivity index (χ0) is 14.8. The van der Waals surface area contributed by atoms with Crippen molar-refractivity contribution in [3.8, 4) is 5.69 Å². The maximum atomic E-state index is 12.2. The van der Waals surface area contributed by atoms with Gasteiger partial charge in [-0.1, -0.05) is 0 Å². The molecule has 6 heteroatoms. The van der Waals surface area contributed by atoms with Crippen molar-refractivity contribution in [2.45, 2.75) is 19.4 Å². The van der Waals surface area contributed by atoms with Gasteiger partial charge in [-0.25, -0.2) is 4.79 Å². The lowest BCUT2D eigenvalue weighted by Crippen LogP contribution is -2.32. The molecule has 1 aromatic heterocycles. The molecular formula is C15H18N4O2. The number of nitrogens with zero attached hydrogens (tertiary/aromatic N) is 1. The van der Waals surface area contributed by atoms with E-state index in [0.717, 1.165) is 24.3 Å². The van der Waals surface area contributed by atoms with Crippen LogP contribution in [-0.4, -0.2) is 28.0 Å². The molecule has 3 N–H and O–H groups in total. The van der Waals surface area contributed by atoms with E-state index >= 15 is 0 Å². The summed E-state index contributed by atoms with van der Waals surface area (Å²) in [5.74, 6) is 0.0519. The number of carbonyl (C=O) groups is 1. The lowest BCUT2D eigenvalue weighted by molar-refractivity contribution is -0.119. The van der Waals surface area contributed by atoms with Crippen LogP contribution in [0.4, 0.5) is 5.69 Å². The van der Waals surface area contributed by atoms with Crippen molar-refractivity contribution in [2.24, 2.45) is 5.92 Å². The molecule has 1 aromatic carbocycles. The normalized spacial score (nSPS) is 21.4. The van der Waals surface area contributed by atoms with Gasteiger partial charge in [0.2, 0.25) is 5.91 Å². The van der Waals surface area contributed by atoms with Crippen molar-refractivity contribution in [1.29, 1.82) is 0 Å². The van der Waals surface area contributed by atoms with E-state index in [1.54, 1.807) is 36.7 Å². The number of aromatic amines is 1. The summed E-state index contributed by atoms with van der Waals surface area (Å²) in [6.45, 7) is 2.91. The molecule has 110 valence electrons. The van der Waals surface area contributed by atoms with Crippen molar-refractivity contribution in [2.75, 3.05) is 11.9 Å². The highest BCUT2D eigenvalue weighted by Gasteiger charge is 2.29. The van der Waals surface area contributed by atoms with Gasteiger partial charge in [-0.2, -0.15) is 0 Å². The summed E-state index contributed by atoms with van der Waals surface area (Å²) in [6, 6.07) is 7.43. The molecule has 3 rings (SSSR count). The molecule has 2 heterocycles. The molecule has 2 atom stereocenters. The van der Waals surface area contributed by atoms with Crippen LogP contribution in [0.1, 0.15) is 13.3 Å². The fourth-order valence-corrected chi connectivity index (χ4v) is 2.68. The van der Waals surface area contributed by atoms with Gasteiger partial charge in [0.1, 0.15) is 0 Å². The quantitative estimate of drug-likeness (QED) is 0.790. The van der Waals surface area contributed by atoms with E-state index in [4.69, 9.17) is 0 Å². The molecule has 0 bridgehead atoms. The molecule has 0 aliphatic carbocycles. The van der Waals surface area contributed by atoms with Gasteiger partial charge in [-0.3, -0.25) is 9.36 Å². The standard InChI is InChI=1S/C15H18N4O2/c1-10-13(6-7-16-10)14(20)18-11-2-4-12(5-3-11)19-9-8-17-15(19)21/h2-5,8-10,13,16H,6-7H2,1H3,(H,17,21)(H,18,20). The molecular weight excluding hydrogens is 268 g/mol. The predicted molar refractivity (Wildman–Crippen MR) is 80.6 cm³/mol. The minimum atomic E-state index is -0.183. The van der Waals surface area contributed by atoms with Crippen molar-refractivity contribution in [3.63, 3.8) is 0 Å².